The van der Waals surface area contributed by atoms with Crippen LogP contribution in [0.3, 0.4) is 0 Å². The minimum Gasteiger partial charge on any atom is -0.484 e. The second kappa shape index (κ2) is 11.8. The van der Waals surface area contributed by atoms with Gasteiger partial charge in [0.05, 0.1) is 0 Å². The van der Waals surface area contributed by atoms with Crippen molar-refractivity contribution in [1.82, 2.24) is 10.2 Å². The minimum absolute atomic E-state index is 0.108. The Morgan fingerprint density at radius 1 is 1.10 bits per heavy atom. The van der Waals surface area contributed by atoms with E-state index in [1.807, 2.05) is 26.0 Å². The summed E-state index contributed by atoms with van der Waals surface area (Å²) in [5, 5.41) is 3.76. The highest BCUT2D eigenvalue weighted by Crippen LogP contribution is 2.26. The molecule has 5 nitrogen and oxygen atoms in total. The summed E-state index contributed by atoms with van der Waals surface area (Å²) in [6.45, 7) is 6.19. The number of hydrogen-bond donors (Lipinski definition) is 1. The molecule has 0 aliphatic heterocycles. The maximum absolute atomic E-state index is 13.0. The lowest BCUT2D eigenvalue weighted by Gasteiger charge is -2.29. The maximum Gasteiger partial charge on any atom is 0.261 e. The van der Waals surface area contributed by atoms with Crippen LogP contribution in [0, 0.1) is 6.92 Å². The molecule has 7 heteroatoms. The van der Waals surface area contributed by atoms with Crippen LogP contribution in [0.25, 0.3) is 0 Å². The van der Waals surface area contributed by atoms with Crippen molar-refractivity contribution in [2.24, 2.45) is 0 Å². The monoisotopic (exact) mass is 450 g/mol. The Hall–Kier alpha value is -2.24. The average molecular weight is 451 g/mol. The van der Waals surface area contributed by atoms with Crippen LogP contribution in [-0.4, -0.2) is 35.9 Å². The van der Waals surface area contributed by atoms with E-state index >= 15 is 0 Å². The fourth-order valence-corrected chi connectivity index (χ4v) is 3.35. The number of amides is 2. The van der Waals surface area contributed by atoms with E-state index in [2.05, 4.69) is 5.32 Å². The third kappa shape index (κ3) is 6.92. The Labute approximate surface area is 188 Å². The van der Waals surface area contributed by atoms with Crippen LogP contribution in [0.4, 0.5) is 0 Å². The van der Waals surface area contributed by atoms with Gasteiger partial charge in [-0.2, -0.15) is 0 Å². The molecule has 0 radical (unpaired) electrons. The second-order valence-corrected chi connectivity index (χ2v) is 7.96. The molecule has 0 unspecified atom stereocenters. The lowest BCUT2D eigenvalue weighted by Crippen LogP contribution is -2.49. The molecule has 0 aliphatic rings. The predicted molar refractivity (Wildman–Crippen MR) is 121 cm³/mol. The van der Waals surface area contributed by atoms with Crippen molar-refractivity contribution in [3.63, 3.8) is 0 Å². The van der Waals surface area contributed by atoms with E-state index < -0.39 is 6.04 Å². The summed E-state index contributed by atoms with van der Waals surface area (Å²) in [5.41, 5.74) is 1.69. The maximum atomic E-state index is 13.0. The van der Waals surface area contributed by atoms with Crippen molar-refractivity contribution in [2.45, 2.75) is 46.2 Å². The van der Waals surface area contributed by atoms with Gasteiger partial charge in [-0.1, -0.05) is 60.3 Å². The van der Waals surface area contributed by atoms with Gasteiger partial charge in [-0.3, -0.25) is 9.59 Å². The van der Waals surface area contributed by atoms with Gasteiger partial charge in [0.15, 0.2) is 6.61 Å². The minimum atomic E-state index is -0.705. The van der Waals surface area contributed by atoms with E-state index in [9.17, 15) is 9.59 Å². The van der Waals surface area contributed by atoms with Gasteiger partial charge in [0, 0.05) is 28.7 Å². The van der Waals surface area contributed by atoms with Gasteiger partial charge < -0.3 is 15.0 Å². The van der Waals surface area contributed by atoms with E-state index in [0.29, 0.717) is 27.9 Å². The number of benzene rings is 2. The normalized spacial score (nSPS) is 11.6. The number of carbonyl (C=O) groups is 2. The molecule has 0 aromatic heterocycles. The zero-order valence-corrected chi connectivity index (χ0v) is 19.1. The molecule has 0 saturated carbocycles. The van der Waals surface area contributed by atoms with Gasteiger partial charge in [-0.25, -0.2) is 0 Å². The van der Waals surface area contributed by atoms with Gasteiger partial charge in [-0.15, -0.1) is 0 Å². The summed E-state index contributed by atoms with van der Waals surface area (Å²) in [7, 11) is 0. The lowest BCUT2D eigenvalue weighted by molar-refractivity contribution is -0.142. The fourth-order valence-electron chi connectivity index (χ4n) is 2.83. The third-order valence-electron chi connectivity index (χ3n) is 4.77. The highest BCUT2D eigenvalue weighted by molar-refractivity contribution is 6.36. The topological polar surface area (TPSA) is 58.6 Å². The van der Waals surface area contributed by atoms with Gasteiger partial charge in [0.1, 0.15) is 11.8 Å². The first-order valence-electron chi connectivity index (χ1n) is 10.0. The zero-order chi connectivity index (χ0) is 22.1. The highest BCUT2D eigenvalue weighted by atomic mass is 35.5. The summed E-state index contributed by atoms with van der Waals surface area (Å²) in [6.07, 6.45) is 1.84. The molecule has 1 atom stereocenters. The first-order chi connectivity index (χ1) is 14.3. The standard InChI is InChI=1S/C23H28Cl2N2O3/c1-4-5-13-26-23(29)17(3)27(14-19-20(24)7-6-8-21(19)25)22(28)15-30-18-11-9-16(2)10-12-18/h6-12,17H,4-5,13-15H2,1-3H3,(H,26,29)/t17-/m0/s1. The molecule has 0 heterocycles. The number of halogens is 2. The summed E-state index contributed by atoms with van der Waals surface area (Å²) < 4.78 is 5.64. The Kier molecular flexibility index (Phi) is 9.47. The van der Waals surface area contributed by atoms with Crippen LogP contribution in [-0.2, 0) is 16.1 Å². The molecule has 2 aromatic rings. The number of rotatable bonds is 10. The number of nitrogens with zero attached hydrogens (tertiary/aromatic N) is 1. The Morgan fingerprint density at radius 3 is 2.33 bits per heavy atom. The molecule has 2 amide bonds. The van der Waals surface area contributed by atoms with Crippen molar-refractivity contribution in [2.75, 3.05) is 13.2 Å². The first kappa shape index (κ1) is 24.0. The van der Waals surface area contributed by atoms with Crippen LogP contribution in [0.5, 0.6) is 5.75 Å². The van der Waals surface area contributed by atoms with Crippen molar-refractivity contribution >= 4 is 35.0 Å². The number of hydrogen-bond acceptors (Lipinski definition) is 3. The second-order valence-electron chi connectivity index (χ2n) is 7.14. The van der Waals surface area contributed by atoms with Gasteiger partial charge in [0.2, 0.25) is 5.91 Å². The van der Waals surface area contributed by atoms with E-state index in [4.69, 9.17) is 27.9 Å². The molecule has 0 saturated heterocycles. The molecular formula is C23H28Cl2N2O3. The Morgan fingerprint density at radius 2 is 1.73 bits per heavy atom. The summed E-state index contributed by atoms with van der Waals surface area (Å²) >= 11 is 12.6. The highest BCUT2D eigenvalue weighted by Gasteiger charge is 2.27. The molecular weight excluding hydrogens is 423 g/mol. The molecule has 0 bridgehead atoms. The van der Waals surface area contributed by atoms with E-state index in [-0.39, 0.29) is 25.0 Å². The van der Waals surface area contributed by atoms with Crippen molar-refractivity contribution in [3.05, 3.63) is 63.6 Å². The Bertz CT molecular complexity index is 836. The number of nitrogens with one attached hydrogen (secondary N) is 1. The van der Waals surface area contributed by atoms with Crippen molar-refractivity contribution in [3.8, 4) is 5.75 Å². The van der Waals surface area contributed by atoms with Gasteiger partial charge in [-0.05, 0) is 44.5 Å². The first-order valence-corrected chi connectivity index (χ1v) is 10.8. The molecule has 0 aliphatic carbocycles. The van der Waals surface area contributed by atoms with Crippen LogP contribution in [0.2, 0.25) is 10.0 Å². The molecule has 162 valence electrons. The SMILES string of the molecule is CCCCNC(=O)[C@H](C)N(Cc1c(Cl)cccc1Cl)C(=O)COc1ccc(C)cc1. The zero-order valence-electron chi connectivity index (χ0n) is 17.6. The molecule has 1 N–H and O–H groups in total. The van der Waals surface area contributed by atoms with Crippen molar-refractivity contribution < 1.29 is 14.3 Å². The summed E-state index contributed by atoms with van der Waals surface area (Å²) in [4.78, 5) is 27.1. The Balaban J connectivity index is 2.17. The van der Waals surface area contributed by atoms with Crippen molar-refractivity contribution in [1.29, 1.82) is 0 Å². The third-order valence-corrected chi connectivity index (χ3v) is 5.48. The molecule has 30 heavy (non-hydrogen) atoms. The van der Waals surface area contributed by atoms with E-state index in [0.717, 1.165) is 18.4 Å². The van der Waals surface area contributed by atoms with Crippen LogP contribution in [0.15, 0.2) is 42.5 Å². The molecule has 0 fully saturated rings. The molecule has 0 spiro atoms. The molecule has 2 aromatic carbocycles. The number of aryl methyl sites for hydroxylation is 1. The van der Waals surface area contributed by atoms with E-state index in [1.54, 1.807) is 37.3 Å². The van der Waals surface area contributed by atoms with Crippen LogP contribution >= 0.6 is 23.2 Å². The lowest BCUT2D eigenvalue weighted by atomic mass is 10.1. The van der Waals surface area contributed by atoms with Crippen LogP contribution in [0.1, 0.15) is 37.8 Å². The van der Waals surface area contributed by atoms with Gasteiger partial charge in [0.25, 0.3) is 5.91 Å². The summed E-state index contributed by atoms with van der Waals surface area (Å²) in [5.74, 6) is 0.0322. The van der Waals surface area contributed by atoms with E-state index in [1.165, 1.54) is 4.90 Å². The average Bonchev–Trinajstić information content (AvgIpc) is 2.72. The fraction of sp³-hybridized carbons (Fsp3) is 0.391. The number of unbranched alkanes of at least 4 members (excludes halogenated alkanes) is 1. The smallest absolute Gasteiger partial charge is 0.261 e. The quantitative estimate of drug-likeness (QED) is 0.517. The van der Waals surface area contributed by atoms with Gasteiger partial charge >= 0.3 is 0 Å². The largest absolute Gasteiger partial charge is 0.484 e. The number of carbonyl (C=O) groups excluding carboxylic acids is 2. The summed E-state index contributed by atoms with van der Waals surface area (Å²) in [6, 6.07) is 11.9. The number of ether oxygens (including phenoxy) is 1. The van der Waals surface area contributed by atoms with Crippen LogP contribution < -0.4 is 10.1 Å². The predicted octanol–water partition coefficient (Wildman–Crippen LogP) is 5.01. The molecule has 2 rings (SSSR count).